The maximum Gasteiger partial charge on any atom is 0.118 e. The fourth-order valence-electron chi connectivity index (χ4n) is 3.02. The third-order valence-electron chi connectivity index (χ3n) is 3.89. The summed E-state index contributed by atoms with van der Waals surface area (Å²) in [5.74, 6) is 1.46. The number of nitrogens with zero attached hydrogens (tertiary/aromatic N) is 3. The van der Waals surface area contributed by atoms with Crippen LogP contribution < -0.4 is 0 Å². The molecule has 86 valence electrons. The van der Waals surface area contributed by atoms with Crippen LogP contribution in [0.5, 0.6) is 0 Å². The fourth-order valence-corrected chi connectivity index (χ4v) is 3.60. The van der Waals surface area contributed by atoms with Crippen molar-refractivity contribution in [3.8, 4) is 0 Å². The zero-order valence-electron chi connectivity index (χ0n) is 9.59. The summed E-state index contributed by atoms with van der Waals surface area (Å²) >= 11 is 1.72. The Morgan fingerprint density at radius 3 is 2.62 bits per heavy atom. The van der Waals surface area contributed by atoms with Crippen molar-refractivity contribution >= 4 is 11.8 Å². The molecule has 3 nitrogen and oxygen atoms in total. The predicted octanol–water partition coefficient (Wildman–Crippen LogP) is 2.01. The van der Waals surface area contributed by atoms with Gasteiger partial charge in [0.25, 0.3) is 0 Å². The number of thioether (sulfide) groups is 1. The molecular formula is C12H17N3S. The molecule has 2 bridgehead atoms. The van der Waals surface area contributed by atoms with Gasteiger partial charge in [-0.2, -0.15) is 0 Å². The number of hydrogen-bond acceptors (Lipinski definition) is 4. The molecule has 1 unspecified atom stereocenters. The number of fused-ring (bicyclic) bond motifs is 3. The molecule has 0 N–H and O–H groups in total. The van der Waals surface area contributed by atoms with Crippen LogP contribution in [-0.2, 0) is 0 Å². The number of piperidine rings is 3. The second-order valence-corrected chi connectivity index (χ2v) is 5.49. The van der Waals surface area contributed by atoms with Crippen LogP contribution in [0.3, 0.4) is 0 Å². The molecule has 0 saturated carbocycles. The minimum Gasteiger partial charge on any atom is -0.303 e. The summed E-state index contributed by atoms with van der Waals surface area (Å²) in [6.07, 6.45) is 8.42. The van der Waals surface area contributed by atoms with E-state index in [-0.39, 0.29) is 0 Å². The lowest BCUT2D eigenvalue weighted by Gasteiger charge is -2.44. The summed E-state index contributed by atoms with van der Waals surface area (Å²) < 4.78 is 0. The molecule has 0 aliphatic carbocycles. The van der Waals surface area contributed by atoms with Crippen LogP contribution in [0.1, 0.15) is 24.5 Å². The Morgan fingerprint density at radius 1 is 1.25 bits per heavy atom. The largest absolute Gasteiger partial charge is 0.303 e. The van der Waals surface area contributed by atoms with Gasteiger partial charge in [-0.15, -0.1) is 11.8 Å². The maximum atomic E-state index is 4.58. The van der Waals surface area contributed by atoms with Gasteiger partial charge >= 0.3 is 0 Å². The molecule has 4 rings (SSSR count). The zero-order chi connectivity index (χ0) is 11.0. The first-order chi connectivity index (χ1) is 7.88. The minimum absolute atomic E-state index is 0.624. The van der Waals surface area contributed by atoms with Gasteiger partial charge in [0.1, 0.15) is 5.03 Å². The predicted molar refractivity (Wildman–Crippen MR) is 65.7 cm³/mol. The molecule has 3 saturated heterocycles. The molecular weight excluding hydrogens is 218 g/mol. The van der Waals surface area contributed by atoms with E-state index in [0.29, 0.717) is 5.92 Å². The standard InChI is InChI=1S/C12H17N3S/c1-16-12-11(13-4-5-14-12)10-8-15-6-2-9(10)3-7-15/h4-5,9-10H,2-3,6-8H2,1H3. The highest BCUT2D eigenvalue weighted by atomic mass is 32.2. The van der Waals surface area contributed by atoms with Gasteiger partial charge < -0.3 is 4.90 Å². The van der Waals surface area contributed by atoms with Crippen LogP contribution in [-0.4, -0.2) is 40.8 Å². The van der Waals surface area contributed by atoms with E-state index in [1.165, 1.54) is 38.2 Å². The molecule has 1 aromatic rings. The molecule has 4 heterocycles. The monoisotopic (exact) mass is 235 g/mol. The average Bonchev–Trinajstić information content (AvgIpc) is 2.40. The molecule has 3 aliphatic rings. The number of rotatable bonds is 2. The first kappa shape index (κ1) is 10.5. The Hall–Kier alpha value is -0.610. The zero-order valence-corrected chi connectivity index (χ0v) is 10.4. The lowest BCUT2D eigenvalue weighted by atomic mass is 9.77. The Kier molecular flexibility index (Phi) is 2.86. The maximum absolute atomic E-state index is 4.58. The van der Waals surface area contributed by atoms with E-state index >= 15 is 0 Å². The van der Waals surface area contributed by atoms with Crippen LogP contribution >= 0.6 is 11.8 Å². The van der Waals surface area contributed by atoms with Crippen LogP contribution in [0, 0.1) is 5.92 Å². The van der Waals surface area contributed by atoms with Crippen molar-refractivity contribution in [2.24, 2.45) is 5.92 Å². The molecule has 1 atom stereocenters. The SMILES string of the molecule is CSc1nccnc1C1CN2CCC1CC2. The highest BCUT2D eigenvalue weighted by Gasteiger charge is 2.36. The first-order valence-corrected chi connectivity index (χ1v) is 7.18. The second kappa shape index (κ2) is 4.34. The molecule has 1 aromatic heterocycles. The van der Waals surface area contributed by atoms with Crippen molar-refractivity contribution in [1.29, 1.82) is 0 Å². The number of aromatic nitrogens is 2. The van der Waals surface area contributed by atoms with Gasteiger partial charge in [-0.05, 0) is 38.1 Å². The molecule has 4 heteroatoms. The van der Waals surface area contributed by atoms with Crippen molar-refractivity contribution in [1.82, 2.24) is 14.9 Å². The summed E-state index contributed by atoms with van der Waals surface area (Å²) in [4.78, 5) is 11.6. The summed E-state index contributed by atoms with van der Waals surface area (Å²) in [6, 6.07) is 0. The Morgan fingerprint density at radius 2 is 2.00 bits per heavy atom. The molecule has 0 spiro atoms. The van der Waals surface area contributed by atoms with Gasteiger partial charge in [0, 0.05) is 24.9 Å². The van der Waals surface area contributed by atoms with E-state index in [2.05, 4.69) is 21.1 Å². The Labute approximate surface area is 101 Å². The van der Waals surface area contributed by atoms with Crippen LogP contribution in [0.15, 0.2) is 17.4 Å². The van der Waals surface area contributed by atoms with E-state index in [0.717, 1.165) is 10.9 Å². The van der Waals surface area contributed by atoms with Crippen molar-refractivity contribution in [3.05, 3.63) is 18.1 Å². The normalized spacial score (nSPS) is 32.9. The highest BCUT2D eigenvalue weighted by molar-refractivity contribution is 7.98. The van der Waals surface area contributed by atoms with E-state index < -0.39 is 0 Å². The first-order valence-electron chi connectivity index (χ1n) is 5.95. The molecule has 0 amide bonds. The van der Waals surface area contributed by atoms with Crippen molar-refractivity contribution in [3.63, 3.8) is 0 Å². The van der Waals surface area contributed by atoms with E-state index in [1.807, 2.05) is 6.20 Å². The minimum atomic E-state index is 0.624. The van der Waals surface area contributed by atoms with Gasteiger partial charge in [0.05, 0.1) is 5.69 Å². The van der Waals surface area contributed by atoms with E-state index in [1.54, 1.807) is 18.0 Å². The van der Waals surface area contributed by atoms with Gasteiger partial charge in [0.2, 0.25) is 0 Å². The van der Waals surface area contributed by atoms with Crippen LogP contribution in [0.2, 0.25) is 0 Å². The molecule has 3 aliphatic heterocycles. The van der Waals surface area contributed by atoms with Gasteiger partial charge in [-0.25, -0.2) is 4.98 Å². The lowest BCUT2D eigenvalue weighted by molar-refractivity contribution is 0.0840. The van der Waals surface area contributed by atoms with Gasteiger partial charge in [0.15, 0.2) is 0 Å². The highest BCUT2D eigenvalue weighted by Crippen LogP contribution is 2.40. The molecule has 0 radical (unpaired) electrons. The van der Waals surface area contributed by atoms with Crippen molar-refractivity contribution in [2.45, 2.75) is 23.8 Å². The summed E-state index contributed by atoms with van der Waals surface area (Å²) in [5.41, 5.74) is 1.24. The topological polar surface area (TPSA) is 29.0 Å². The van der Waals surface area contributed by atoms with Gasteiger partial charge in [-0.1, -0.05) is 0 Å². The van der Waals surface area contributed by atoms with E-state index in [9.17, 15) is 0 Å². The lowest BCUT2D eigenvalue weighted by Crippen LogP contribution is -2.46. The Bertz CT molecular complexity index is 374. The van der Waals surface area contributed by atoms with Crippen LogP contribution in [0.4, 0.5) is 0 Å². The van der Waals surface area contributed by atoms with Gasteiger partial charge in [-0.3, -0.25) is 4.98 Å². The average molecular weight is 235 g/mol. The fraction of sp³-hybridized carbons (Fsp3) is 0.667. The molecule has 3 fully saturated rings. The number of hydrogen-bond donors (Lipinski definition) is 0. The smallest absolute Gasteiger partial charge is 0.118 e. The van der Waals surface area contributed by atoms with Crippen molar-refractivity contribution < 1.29 is 0 Å². The third kappa shape index (κ3) is 1.74. The Balaban J connectivity index is 1.91. The van der Waals surface area contributed by atoms with E-state index in [4.69, 9.17) is 0 Å². The molecule has 16 heavy (non-hydrogen) atoms. The molecule has 0 aromatic carbocycles. The second-order valence-electron chi connectivity index (χ2n) is 4.70. The quantitative estimate of drug-likeness (QED) is 0.733. The van der Waals surface area contributed by atoms with Crippen molar-refractivity contribution in [2.75, 3.05) is 25.9 Å². The summed E-state index contributed by atoms with van der Waals surface area (Å²) in [5, 5.41) is 1.13. The summed E-state index contributed by atoms with van der Waals surface area (Å²) in [6.45, 7) is 3.77. The third-order valence-corrected chi connectivity index (χ3v) is 4.59. The summed E-state index contributed by atoms with van der Waals surface area (Å²) in [7, 11) is 0. The van der Waals surface area contributed by atoms with Crippen LogP contribution in [0.25, 0.3) is 0 Å².